The lowest BCUT2D eigenvalue weighted by molar-refractivity contribution is -0.139. The van der Waals surface area contributed by atoms with Gasteiger partial charge in [-0.2, -0.15) is 0 Å². The van der Waals surface area contributed by atoms with Gasteiger partial charge in [-0.25, -0.2) is 0 Å². The summed E-state index contributed by atoms with van der Waals surface area (Å²) in [7, 11) is 0. The molecule has 0 unspecified atom stereocenters. The Morgan fingerprint density at radius 1 is 1.27 bits per heavy atom. The number of rotatable bonds is 3. The summed E-state index contributed by atoms with van der Waals surface area (Å²) in [6, 6.07) is 5.11. The fourth-order valence-corrected chi connectivity index (χ4v) is 1.54. The average molecular weight is 337 g/mol. The molecular weight excluding hydrogens is 330 g/mol. The zero-order valence-electron chi connectivity index (χ0n) is 7.46. The van der Waals surface area contributed by atoms with Crippen molar-refractivity contribution in [3.05, 3.63) is 27.1 Å². The molecular formula is C9H7Br2NO3. The fourth-order valence-electron chi connectivity index (χ4n) is 0.916. The van der Waals surface area contributed by atoms with Crippen LogP contribution < -0.4 is 5.32 Å². The summed E-state index contributed by atoms with van der Waals surface area (Å²) >= 11 is 6.55. The number of carboxylic acid groups (broad SMARTS) is 1. The highest BCUT2D eigenvalue weighted by atomic mass is 79.9. The van der Waals surface area contributed by atoms with E-state index < -0.39 is 18.3 Å². The third-order valence-corrected chi connectivity index (χ3v) is 3.39. The molecule has 0 aliphatic rings. The SMILES string of the molecule is O=C(O)CC(=O)Nc1ccc(Br)c(Br)c1. The largest absolute Gasteiger partial charge is 0.481 e. The van der Waals surface area contributed by atoms with Crippen molar-refractivity contribution >= 4 is 49.4 Å². The zero-order chi connectivity index (χ0) is 11.4. The van der Waals surface area contributed by atoms with E-state index in [4.69, 9.17) is 5.11 Å². The van der Waals surface area contributed by atoms with Gasteiger partial charge in [0.05, 0.1) is 0 Å². The van der Waals surface area contributed by atoms with Gasteiger partial charge in [-0.3, -0.25) is 9.59 Å². The molecule has 0 saturated carbocycles. The van der Waals surface area contributed by atoms with Crippen LogP contribution in [0.2, 0.25) is 0 Å². The molecule has 0 saturated heterocycles. The molecule has 0 heterocycles. The summed E-state index contributed by atoms with van der Waals surface area (Å²) in [5.41, 5.74) is 0.552. The highest BCUT2D eigenvalue weighted by Crippen LogP contribution is 2.25. The first-order valence-corrected chi connectivity index (χ1v) is 5.54. The van der Waals surface area contributed by atoms with Gasteiger partial charge in [0.25, 0.3) is 0 Å². The van der Waals surface area contributed by atoms with E-state index in [1.165, 1.54) is 0 Å². The lowest BCUT2D eigenvalue weighted by atomic mass is 10.3. The predicted molar refractivity (Wildman–Crippen MR) is 62.7 cm³/mol. The molecule has 1 aromatic carbocycles. The van der Waals surface area contributed by atoms with E-state index in [0.717, 1.165) is 8.95 Å². The van der Waals surface area contributed by atoms with Crippen molar-refractivity contribution in [2.24, 2.45) is 0 Å². The van der Waals surface area contributed by atoms with E-state index in [1.807, 2.05) is 0 Å². The molecule has 6 heteroatoms. The molecule has 0 bridgehead atoms. The minimum absolute atomic E-state index is 0.534. The number of halogens is 2. The van der Waals surface area contributed by atoms with Crippen molar-refractivity contribution in [2.45, 2.75) is 6.42 Å². The maximum absolute atomic E-state index is 11.1. The minimum Gasteiger partial charge on any atom is -0.481 e. The van der Waals surface area contributed by atoms with Crippen LogP contribution in [-0.4, -0.2) is 17.0 Å². The molecule has 4 nitrogen and oxygen atoms in total. The first-order valence-electron chi connectivity index (χ1n) is 3.95. The first-order chi connectivity index (χ1) is 6.99. The molecule has 15 heavy (non-hydrogen) atoms. The van der Waals surface area contributed by atoms with Gasteiger partial charge in [0.1, 0.15) is 6.42 Å². The molecule has 0 spiro atoms. The van der Waals surface area contributed by atoms with Crippen LogP contribution in [0.5, 0.6) is 0 Å². The molecule has 1 aromatic rings. The lowest BCUT2D eigenvalue weighted by Gasteiger charge is -2.04. The Balaban J connectivity index is 2.69. The van der Waals surface area contributed by atoms with E-state index in [0.29, 0.717) is 5.69 Å². The van der Waals surface area contributed by atoms with Crippen LogP contribution in [0, 0.1) is 0 Å². The predicted octanol–water partition coefficient (Wildman–Crippen LogP) is 2.62. The number of hydrogen-bond acceptors (Lipinski definition) is 2. The average Bonchev–Trinajstić information content (AvgIpc) is 2.10. The van der Waals surface area contributed by atoms with Gasteiger partial charge in [-0.1, -0.05) is 0 Å². The monoisotopic (exact) mass is 335 g/mol. The van der Waals surface area contributed by atoms with E-state index >= 15 is 0 Å². The number of aliphatic carboxylic acids is 1. The third-order valence-electron chi connectivity index (χ3n) is 1.52. The topological polar surface area (TPSA) is 66.4 Å². The fraction of sp³-hybridized carbons (Fsp3) is 0.111. The van der Waals surface area contributed by atoms with Crippen molar-refractivity contribution in [2.75, 3.05) is 5.32 Å². The van der Waals surface area contributed by atoms with Crippen molar-refractivity contribution in [3.8, 4) is 0 Å². The summed E-state index contributed by atoms with van der Waals surface area (Å²) in [5.74, 6) is -1.69. The molecule has 80 valence electrons. The van der Waals surface area contributed by atoms with Gasteiger partial charge in [0.2, 0.25) is 5.91 Å². The van der Waals surface area contributed by atoms with Crippen LogP contribution in [-0.2, 0) is 9.59 Å². The van der Waals surface area contributed by atoms with Crippen LogP contribution in [0.4, 0.5) is 5.69 Å². The van der Waals surface area contributed by atoms with Crippen LogP contribution in [0.15, 0.2) is 27.1 Å². The Morgan fingerprint density at radius 3 is 2.47 bits per heavy atom. The van der Waals surface area contributed by atoms with E-state index in [2.05, 4.69) is 37.2 Å². The van der Waals surface area contributed by atoms with Gasteiger partial charge in [-0.15, -0.1) is 0 Å². The zero-order valence-corrected chi connectivity index (χ0v) is 10.6. The second kappa shape index (κ2) is 5.27. The molecule has 0 aromatic heterocycles. The van der Waals surface area contributed by atoms with Gasteiger partial charge < -0.3 is 10.4 Å². The summed E-state index contributed by atoms with van der Waals surface area (Å²) in [4.78, 5) is 21.3. The van der Waals surface area contributed by atoms with Gasteiger partial charge in [0, 0.05) is 14.6 Å². The Kier molecular flexibility index (Phi) is 4.28. The summed E-state index contributed by atoms with van der Waals surface area (Å²) in [6.07, 6.45) is -0.534. The van der Waals surface area contributed by atoms with E-state index in [9.17, 15) is 9.59 Å². The van der Waals surface area contributed by atoms with Crippen molar-refractivity contribution in [3.63, 3.8) is 0 Å². The van der Waals surface area contributed by atoms with Crippen LogP contribution in [0.3, 0.4) is 0 Å². The van der Waals surface area contributed by atoms with Crippen LogP contribution >= 0.6 is 31.9 Å². The van der Waals surface area contributed by atoms with E-state index in [-0.39, 0.29) is 0 Å². The Morgan fingerprint density at radius 2 is 1.93 bits per heavy atom. The highest BCUT2D eigenvalue weighted by molar-refractivity contribution is 9.13. The first kappa shape index (κ1) is 12.2. The molecule has 0 aliphatic heterocycles. The molecule has 0 aliphatic carbocycles. The molecule has 0 radical (unpaired) electrons. The van der Waals surface area contributed by atoms with Gasteiger partial charge in [0.15, 0.2) is 0 Å². The third kappa shape index (κ3) is 4.01. The number of carboxylic acids is 1. The standard InChI is InChI=1S/C9H7Br2NO3/c10-6-2-1-5(3-7(6)11)12-8(13)4-9(14)15/h1-3H,4H2,(H,12,13)(H,14,15). The quantitative estimate of drug-likeness (QED) is 0.834. The highest BCUT2D eigenvalue weighted by Gasteiger charge is 2.08. The Labute approximate surface area is 103 Å². The van der Waals surface area contributed by atoms with Crippen molar-refractivity contribution in [1.82, 2.24) is 0 Å². The maximum atomic E-state index is 11.1. The lowest BCUT2D eigenvalue weighted by Crippen LogP contribution is -2.15. The smallest absolute Gasteiger partial charge is 0.312 e. The normalized spacial score (nSPS) is 9.73. The maximum Gasteiger partial charge on any atom is 0.312 e. The second-order valence-electron chi connectivity index (χ2n) is 2.75. The van der Waals surface area contributed by atoms with Gasteiger partial charge >= 0.3 is 5.97 Å². The molecule has 1 rings (SSSR count). The molecule has 1 amide bonds. The number of benzene rings is 1. The van der Waals surface area contributed by atoms with E-state index in [1.54, 1.807) is 18.2 Å². The number of carbonyl (C=O) groups excluding carboxylic acids is 1. The summed E-state index contributed by atoms with van der Waals surface area (Å²) in [6.45, 7) is 0. The van der Waals surface area contributed by atoms with Crippen LogP contribution in [0.1, 0.15) is 6.42 Å². The molecule has 0 fully saturated rings. The number of hydrogen-bond donors (Lipinski definition) is 2. The minimum atomic E-state index is -1.15. The number of anilines is 1. The summed E-state index contributed by atoms with van der Waals surface area (Å²) < 4.78 is 1.65. The molecule has 0 atom stereocenters. The summed E-state index contributed by atoms with van der Waals surface area (Å²) in [5, 5.41) is 10.9. The van der Waals surface area contributed by atoms with Gasteiger partial charge in [-0.05, 0) is 50.1 Å². The number of carbonyl (C=O) groups is 2. The Bertz CT molecular complexity index is 406. The van der Waals surface area contributed by atoms with Crippen LogP contribution in [0.25, 0.3) is 0 Å². The Hall–Kier alpha value is -0.880. The number of nitrogens with one attached hydrogen (secondary N) is 1. The number of amides is 1. The second-order valence-corrected chi connectivity index (χ2v) is 4.46. The molecule has 2 N–H and O–H groups in total. The van der Waals surface area contributed by atoms with Crippen molar-refractivity contribution < 1.29 is 14.7 Å². The van der Waals surface area contributed by atoms with Crippen molar-refractivity contribution in [1.29, 1.82) is 0 Å².